The number of nitrogens with zero attached hydrogens (tertiary/aromatic N) is 1. The fourth-order valence-electron chi connectivity index (χ4n) is 4.70. The zero-order chi connectivity index (χ0) is 24.1. The highest BCUT2D eigenvalue weighted by atomic mass is 16.5. The van der Waals surface area contributed by atoms with Gasteiger partial charge >= 0.3 is 6.03 Å². The molecule has 0 saturated heterocycles. The minimum Gasteiger partial charge on any atom is -0.493 e. The summed E-state index contributed by atoms with van der Waals surface area (Å²) in [7, 11) is 3.31. The van der Waals surface area contributed by atoms with Crippen LogP contribution in [0, 0.1) is 6.92 Å². The quantitative estimate of drug-likeness (QED) is 0.502. The van der Waals surface area contributed by atoms with Crippen molar-refractivity contribution in [3.8, 4) is 11.5 Å². The molecule has 0 saturated carbocycles. The molecule has 0 aromatic heterocycles. The molecule has 34 heavy (non-hydrogen) atoms. The van der Waals surface area contributed by atoms with Crippen molar-refractivity contribution in [2.45, 2.75) is 38.9 Å². The molecular weight excluding hydrogens is 426 g/mol. The standard InChI is InChI=1S/C28H33N3O3/c1-19-10-12-23(13-11-19)30-28(32)29-20(2)27-24-17-26(34-4)25(33-3)16-22(24)14-15-31(27)18-21-8-6-5-7-9-21/h5-13,16-17,20,27H,14-15,18H2,1-4H3,(H2,29,30,32). The number of anilines is 1. The molecule has 3 aromatic carbocycles. The van der Waals surface area contributed by atoms with E-state index in [0.29, 0.717) is 5.75 Å². The summed E-state index contributed by atoms with van der Waals surface area (Å²) in [5, 5.41) is 6.13. The molecule has 2 atom stereocenters. The van der Waals surface area contributed by atoms with Crippen molar-refractivity contribution in [3.63, 3.8) is 0 Å². The van der Waals surface area contributed by atoms with Crippen LogP contribution in [0.3, 0.4) is 0 Å². The van der Waals surface area contributed by atoms with Gasteiger partial charge in [0.2, 0.25) is 0 Å². The van der Waals surface area contributed by atoms with Crippen molar-refractivity contribution in [2.24, 2.45) is 0 Å². The van der Waals surface area contributed by atoms with E-state index in [0.717, 1.165) is 42.1 Å². The van der Waals surface area contributed by atoms with E-state index in [1.807, 2.05) is 37.3 Å². The molecule has 1 aliphatic heterocycles. The lowest BCUT2D eigenvalue weighted by molar-refractivity contribution is 0.144. The van der Waals surface area contributed by atoms with Gasteiger partial charge in [0.1, 0.15) is 0 Å². The third-order valence-electron chi connectivity index (χ3n) is 6.40. The Bertz CT molecular complexity index is 1120. The minimum atomic E-state index is -0.219. The van der Waals surface area contributed by atoms with E-state index < -0.39 is 0 Å². The van der Waals surface area contributed by atoms with Gasteiger partial charge in [0.05, 0.1) is 20.3 Å². The Morgan fingerprint density at radius 2 is 1.71 bits per heavy atom. The Kier molecular flexibility index (Phi) is 7.38. The Morgan fingerprint density at radius 1 is 1.03 bits per heavy atom. The number of nitrogens with one attached hydrogen (secondary N) is 2. The summed E-state index contributed by atoms with van der Waals surface area (Å²) < 4.78 is 11.2. The van der Waals surface area contributed by atoms with Gasteiger partial charge < -0.3 is 20.1 Å². The summed E-state index contributed by atoms with van der Waals surface area (Å²) in [6.45, 7) is 5.76. The van der Waals surface area contributed by atoms with Crippen molar-refractivity contribution in [1.82, 2.24) is 10.2 Å². The average molecular weight is 460 g/mol. The minimum absolute atomic E-state index is 0.0208. The van der Waals surface area contributed by atoms with Crippen molar-refractivity contribution in [3.05, 3.63) is 89.0 Å². The predicted molar refractivity (Wildman–Crippen MR) is 136 cm³/mol. The van der Waals surface area contributed by atoms with Gasteiger partial charge in [0.15, 0.2) is 11.5 Å². The van der Waals surface area contributed by atoms with Crippen LogP contribution in [-0.2, 0) is 13.0 Å². The molecular formula is C28H33N3O3. The summed E-state index contributed by atoms with van der Waals surface area (Å²) in [5.41, 5.74) is 5.54. The molecule has 2 N–H and O–H groups in total. The van der Waals surface area contributed by atoms with Crippen LogP contribution >= 0.6 is 0 Å². The number of ether oxygens (including phenoxy) is 2. The van der Waals surface area contributed by atoms with Crippen molar-refractivity contribution >= 4 is 11.7 Å². The van der Waals surface area contributed by atoms with Gasteiger partial charge in [-0.3, -0.25) is 4.90 Å². The molecule has 6 nitrogen and oxygen atoms in total. The second-order valence-electron chi connectivity index (χ2n) is 8.81. The first kappa shape index (κ1) is 23.6. The van der Waals surface area contributed by atoms with E-state index in [1.54, 1.807) is 14.2 Å². The summed E-state index contributed by atoms with van der Waals surface area (Å²) in [6, 6.07) is 22.0. The molecule has 0 aliphatic carbocycles. The SMILES string of the molecule is COc1cc2c(cc1OC)C(C(C)NC(=O)Nc1ccc(C)cc1)N(Cc1ccccc1)CC2. The van der Waals surface area contributed by atoms with Crippen molar-refractivity contribution in [2.75, 3.05) is 26.1 Å². The van der Waals surface area contributed by atoms with Gasteiger partial charge in [-0.15, -0.1) is 0 Å². The normalized spacial score (nSPS) is 16.3. The van der Waals surface area contributed by atoms with Crippen LogP contribution in [0.4, 0.5) is 10.5 Å². The van der Waals surface area contributed by atoms with Gasteiger partial charge in [-0.25, -0.2) is 4.79 Å². The Morgan fingerprint density at radius 3 is 2.38 bits per heavy atom. The predicted octanol–water partition coefficient (Wildman–Crippen LogP) is 5.32. The number of aryl methyl sites for hydroxylation is 1. The van der Waals surface area contributed by atoms with Crippen LogP contribution in [0.15, 0.2) is 66.7 Å². The number of benzene rings is 3. The molecule has 178 valence electrons. The molecule has 3 aromatic rings. The van der Waals surface area contributed by atoms with E-state index in [2.05, 4.69) is 58.9 Å². The van der Waals surface area contributed by atoms with Crippen molar-refractivity contribution in [1.29, 1.82) is 0 Å². The van der Waals surface area contributed by atoms with Gasteiger partial charge in [-0.1, -0.05) is 48.0 Å². The Balaban J connectivity index is 1.61. The maximum Gasteiger partial charge on any atom is 0.319 e. The molecule has 6 heteroatoms. The van der Waals surface area contributed by atoms with Gasteiger partial charge in [-0.05, 0) is 61.2 Å². The van der Waals surface area contributed by atoms with E-state index in [-0.39, 0.29) is 18.1 Å². The lowest BCUT2D eigenvalue weighted by Gasteiger charge is -2.41. The maximum atomic E-state index is 12.9. The number of urea groups is 1. The molecule has 2 unspecified atom stereocenters. The first-order chi connectivity index (χ1) is 16.5. The highest BCUT2D eigenvalue weighted by Crippen LogP contribution is 2.40. The van der Waals surface area contributed by atoms with Gasteiger partial charge in [-0.2, -0.15) is 0 Å². The number of carbonyl (C=O) groups is 1. The summed E-state index contributed by atoms with van der Waals surface area (Å²) in [5.74, 6) is 1.43. The third-order valence-corrected chi connectivity index (χ3v) is 6.40. The molecule has 0 radical (unpaired) electrons. The molecule has 1 heterocycles. The zero-order valence-corrected chi connectivity index (χ0v) is 20.3. The first-order valence-electron chi connectivity index (χ1n) is 11.7. The number of carbonyl (C=O) groups excluding carboxylic acids is 1. The van der Waals surface area contributed by atoms with Crippen molar-refractivity contribution < 1.29 is 14.3 Å². The van der Waals surface area contributed by atoms with Crippen LogP contribution < -0.4 is 20.1 Å². The number of hydrogen-bond acceptors (Lipinski definition) is 4. The largest absolute Gasteiger partial charge is 0.493 e. The van der Waals surface area contributed by atoms with Crippen LogP contribution in [0.2, 0.25) is 0 Å². The number of methoxy groups -OCH3 is 2. The zero-order valence-electron chi connectivity index (χ0n) is 20.3. The molecule has 1 aliphatic rings. The van der Waals surface area contributed by atoms with E-state index >= 15 is 0 Å². The summed E-state index contributed by atoms with van der Waals surface area (Å²) in [4.78, 5) is 15.3. The third kappa shape index (κ3) is 5.34. The lowest BCUT2D eigenvalue weighted by atomic mass is 9.87. The molecule has 0 fully saturated rings. The smallest absolute Gasteiger partial charge is 0.319 e. The summed E-state index contributed by atoms with van der Waals surface area (Å²) in [6.07, 6.45) is 0.904. The lowest BCUT2D eigenvalue weighted by Crippen LogP contribution is -2.48. The van der Waals surface area contributed by atoms with E-state index in [1.165, 1.54) is 11.1 Å². The number of rotatable bonds is 7. The average Bonchev–Trinajstić information content (AvgIpc) is 2.84. The number of fused-ring (bicyclic) bond motifs is 1. The fraction of sp³-hybridized carbons (Fsp3) is 0.321. The second kappa shape index (κ2) is 10.6. The highest BCUT2D eigenvalue weighted by Gasteiger charge is 2.33. The van der Waals surface area contributed by atoms with E-state index in [9.17, 15) is 4.79 Å². The Hall–Kier alpha value is -3.51. The maximum absolute atomic E-state index is 12.9. The molecule has 2 amide bonds. The fourth-order valence-corrected chi connectivity index (χ4v) is 4.70. The molecule has 4 rings (SSSR count). The molecule has 0 bridgehead atoms. The first-order valence-corrected chi connectivity index (χ1v) is 11.7. The van der Waals surface area contributed by atoms with Gasteiger partial charge in [0, 0.05) is 24.8 Å². The second-order valence-corrected chi connectivity index (χ2v) is 8.81. The van der Waals surface area contributed by atoms with E-state index in [4.69, 9.17) is 9.47 Å². The van der Waals surface area contributed by atoms with Crippen LogP contribution in [-0.4, -0.2) is 37.7 Å². The molecule has 0 spiro atoms. The summed E-state index contributed by atoms with van der Waals surface area (Å²) >= 11 is 0. The highest BCUT2D eigenvalue weighted by molar-refractivity contribution is 5.89. The number of hydrogen-bond donors (Lipinski definition) is 2. The monoisotopic (exact) mass is 459 g/mol. The Labute approximate surface area is 201 Å². The van der Waals surface area contributed by atoms with Crippen LogP contribution in [0.5, 0.6) is 11.5 Å². The van der Waals surface area contributed by atoms with Crippen LogP contribution in [0.1, 0.15) is 35.2 Å². The van der Waals surface area contributed by atoms with Crippen LogP contribution in [0.25, 0.3) is 0 Å². The number of amides is 2. The topological polar surface area (TPSA) is 62.8 Å². The van der Waals surface area contributed by atoms with Gasteiger partial charge in [0.25, 0.3) is 0 Å².